The van der Waals surface area contributed by atoms with Crippen LogP contribution in [0.1, 0.15) is 21.8 Å². The topological polar surface area (TPSA) is 12.9 Å². The van der Waals surface area contributed by atoms with Crippen LogP contribution in [-0.4, -0.2) is 4.98 Å². The van der Waals surface area contributed by atoms with Crippen molar-refractivity contribution in [3.8, 4) is 0 Å². The molecule has 2 heteroatoms. The Morgan fingerprint density at radius 3 is 2.64 bits per heavy atom. The standard InChI is InChI=1S/C12H13NS/c1-9-5-3-4-6-11(9)7-12-13-10(2)8-14-12/h3-6,8H,7H2,1-2H3. The molecule has 1 aromatic heterocycles. The fourth-order valence-corrected chi connectivity index (χ4v) is 2.25. The number of thiazole rings is 1. The maximum absolute atomic E-state index is 4.47. The highest BCUT2D eigenvalue weighted by molar-refractivity contribution is 7.09. The second kappa shape index (κ2) is 3.93. The first-order chi connectivity index (χ1) is 6.75. The van der Waals surface area contributed by atoms with Crippen LogP contribution < -0.4 is 0 Å². The monoisotopic (exact) mass is 203 g/mol. The minimum atomic E-state index is 0.963. The van der Waals surface area contributed by atoms with Gasteiger partial charge in [-0.3, -0.25) is 0 Å². The van der Waals surface area contributed by atoms with Gasteiger partial charge in [-0.15, -0.1) is 11.3 Å². The van der Waals surface area contributed by atoms with Crippen LogP contribution in [0.5, 0.6) is 0 Å². The molecule has 0 aliphatic carbocycles. The molecule has 14 heavy (non-hydrogen) atoms. The van der Waals surface area contributed by atoms with Crippen molar-refractivity contribution in [3.63, 3.8) is 0 Å². The average Bonchev–Trinajstić information content (AvgIpc) is 2.56. The molecule has 1 aromatic carbocycles. The van der Waals surface area contributed by atoms with Crippen molar-refractivity contribution in [3.05, 3.63) is 51.5 Å². The average molecular weight is 203 g/mol. The van der Waals surface area contributed by atoms with Crippen LogP contribution in [0.3, 0.4) is 0 Å². The summed E-state index contributed by atoms with van der Waals surface area (Å²) in [5, 5.41) is 3.31. The molecule has 0 unspecified atom stereocenters. The number of benzene rings is 1. The van der Waals surface area contributed by atoms with Gasteiger partial charge in [0.1, 0.15) is 0 Å². The summed E-state index contributed by atoms with van der Waals surface area (Å²) in [4.78, 5) is 4.47. The molecule has 0 bridgehead atoms. The van der Waals surface area contributed by atoms with E-state index < -0.39 is 0 Å². The molecule has 0 atom stereocenters. The van der Waals surface area contributed by atoms with Crippen molar-refractivity contribution < 1.29 is 0 Å². The zero-order valence-corrected chi connectivity index (χ0v) is 9.27. The fourth-order valence-electron chi connectivity index (χ4n) is 1.46. The molecule has 0 amide bonds. The van der Waals surface area contributed by atoms with Gasteiger partial charge in [-0.2, -0.15) is 0 Å². The summed E-state index contributed by atoms with van der Waals surface area (Å²) in [5.74, 6) is 0. The van der Waals surface area contributed by atoms with E-state index in [4.69, 9.17) is 0 Å². The molecule has 1 nitrogen and oxygen atoms in total. The van der Waals surface area contributed by atoms with Crippen LogP contribution in [0.15, 0.2) is 29.6 Å². The Morgan fingerprint density at radius 1 is 1.21 bits per heavy atom. The van der Waals surface area contributed by atoms with Crippen molar-refractivity contribution in [2.75, 3.05) is 0 Å². The summed E-state index contributed by atoms with van der Waals surface area (Å²) in [6.07, 6.45) is 0.963. The minimum Gasteiger partial charge on any atom is -0.246 e. The van der Waals surface area contributed by atoms with E-state index in [1.54, 1.807) is 11.3 Å². The largest absolute Gasteiger partial charge is 0.246 e. The van der Waals surface area contributed by atoms with Crippen molar-refractivity contribution >= 4 is 11.3 Å². The zero-order valence-electron chi connectivity index (χ0n) is 8.45. The summed E-state index contributed by atoms with van der Waals surface area (Å²) >= 11 is 1.74. The van der Waals surface area contributed by atoms with E-state index in [0.29, 0.717) is 0 Å². The van der Waals surface area contributed by atoms with Gasteiger partial charge in [-0.1, -0.05) is 24.3 Å². The molecule has 0 fully saturated rings. The second-order valence-corrected chi connectivity index (χ2v) is 4.43. The molecule has 2 aromatic rings. The predicted molar refractivity (Wildman–Crippen MR) is 60.8 cm³/mol. The van der Waals surface area contributed by atoms with Crippen LogP contribution >= 0.6 is 11.3 Å². The van der Waals surface area contributed by atoms with E-state index in [0.717, 1.165) is 12.1 Å². The third-order valence-electron chi connectivity index (χ3n) is 2.27. The Labute approximate surface area is 88.4 Å². The van der Waals surface area contributed by atoms with Gasteiger partial charge in [-0.05, 0) is 25.0 Å². The first-order valence-electron chi connectivity index (χ1n) is 4.71. The van der Waals surface area contributed by atoms with Crippen LogP contribution in [-0.2, 0) is 6.42 Å². The maximum Gasteiger partial charge on any atom is 0.0972 e. The van der Waals surface area contributed by atoms with Gasteiger partial charge >= 0.3 is 0 Å². The van der Waals surface area contributed by atoms with Crippen LogP contribution in [0, 0.1) is 13.8 Å². The number of aryl methyl sites for hydroxylation is 2. The molecule has 0 N–H and O–H groups in total. The van der Waals surface area contributed by atoms with Gasteiger partial charge in [0.05, 0.1) is 5.01 Å². The quantitative estimate of drug-likeness (QED) is 0.729. The number of hydrogen-bond donors (Lipinski definition) is 0. The molecular weight excluding hydrogens is 190 g/mol. The molecule has 0 saturated carbocycles. The number of rotatable bonds is 2. The molecule has 1 heterocycles. The predicted octanol–water partition coefficient (Wildman–Crippen LogP) is 3.35. The Balaban J connectivity index is 2.23. The highest BCUT2D eigenvalue weighted by Gasteiger charge is 2.02. The van der Waals surface area contributed by atoms with Gasteiger partial charge in [0.25, 0.3) is 0 Å². The lowest BCUT2D eigenvalue weighted by atomic mass is 10.1. The SMILES string of the molecule is Cc1csc(Cc2ccccc2C)n1. The Bertz CT molecular complexity index is 431. The second-order valence-electron chi connectivity index (χ2n) is 3.49. The summed E-state index contributed by atoms with van der Waals surface area (Å²) in [6.45, 7) is 4.19. The molecule has 0 spiro atoms. The van der Waals surface area contributed by atoms with E-state index in [2.05, 4.69) is 41.6 Å². The van der Waals surface area contributed by atoms with E-state index >= 15 is 0 Å². The molecule has 0 saturated heterocycles. The summed E-state index contributed by atoms with van der Waals surface area (Å²) in [7, 11) is 0. The highest BCUT2D eigenvalue weighted by Crippen LogP contribution is 2.16. The number of aromatic nitrogens is 1. The lowest BCUT2D eigenvalue weighted by Gasteiger charge is -2.01. The summed E-state index contributed by atoms with van der Waals surface area (Å²) < 4.78 is 0. The van der Waals surface area contributed by atoms with Crippen LogP contribution in [0.4, 0.5) is 0 Å². The van der Waals surface area contributed by atoms with Crippen molar-refractivity contribution in [1.82, 2.24) is 4.98 Å². The van der Waals surface area contributed by atoms with Crippen LogP contribution in [0.25, 0.3) is 0 Å². The first-order valence-corrected chi connectivity index (χ1v) is 5.59. The van der Waals surface area contributed by atoms with Crippen molar-refractivity contribution in [2.24, 2.45) is 0 Å². The Morgan fingerprint density at radius 2 is 2.00 bits per heavy atom. The van der Waals surface area contributed by atoms with Crippen molar-refractivity contribution in [1.29, 1.82) is 0 Å². The van der Waals surface area contributed by atoms with E-state index in [1.165, 1.54) is 16.1 Å². The molecular formula is C12H13NS. The van der Waals surface area contributed by atoms with E-state index in [1.807, 2.05) is 6.92 Å². The Hall–Kier alpha value is -1.15. The molecule has 2 rings (SSSR count). The first kappa shape index (κ1) is 9.41. The molecule has 0 radical (unpaired) electrons. The number of nitrogens with zero attached hydrogens (tertiary/aromatic N) is 1. The van der Waals surface area contributed by atoms with Gasteiger partial charge in [0, 0.05) is 17.5 Å². The fraction of sp³-hybridized carbons (Fsp3) is 0.250. The molecule has 0 aliphatic rings. The number of hydrogen-bond acceptors (Lipinski definition) is 2. The smallest absolute Gasteiger partial charge is 0.0972 e. The van der Waals surface area contributed by atoms with Gasteiger partial charge in [0.2, 0.25) is 0 Å². The highest BCUT2D eigenvalue weighted by atomic mass is 32.1. The van der Waals surface area contributed by atoms with Gasteiger partial charge in [0.15, 0.2) is 0 Å². The normalized spacial score (nSPS) is 10.4. The maximum atomic E-state index is 4.47. The summed E-state index contributed by atoms with van der Waals surface area (Å²) in [5.41, 5.74) is 3.85. The lowest BCUT2D eigenvalue weighted by Crippen LogP contribution is -1.90. The van der Waals surface area contributed by atoms with Crippen molar-refractivity contribution in [2.45, 2.75) is 20.3 Å². The third-order valence-corrected chi connectivity index (χ3v) is 3.24. The minimum absolute atomic E-state index is 0.963. The third kappa shape index (κ3) is 2.02. The van der Waals surface area contributed by atoms with Crippen LogP contribution in [0.2, 0.25) is 0 Å². The summed E-state index contributed by atoms with van der Waals surface area (Å²) in [6, 6.07) is 8.48. The van der Waals surface area contributed by atoms with E-state index in [-0.39, 0.29) is 0 Å². The van der Waals surface area contributed by atoms with Gasteiger partial charge < -0.3 is 0 Å². The zero-order chi connectivity index (χ0) is 9.97. The molecule has 0 aliphatic heterocycles. The Kier molecular flexibility index (Phi) is 2.64. The van der Waals surface area contributed by atoms with E-state index in [9.17, 15) is 0 Å². The molecule has 72 valence electrons. The lowest BCUT2D eigenvalue weighted by molar-refractivity contribution is 1.09. The van der Waals surface area contributed by atoms with Gasteiger partial charge in [-0.25, -0.2) is 4.98 Å².